The zero-order valence-corrected chi connectivity index (χ0v) is 18.7. The van der Waals surface area contributed by atoms with E-state index in [4.69, 9.17) is 9.26 Å². The maximum Gasteiger partial charge on any atom is 0.270 e. The second-order valence-corrected chi connectivity index (χ2v) is 8.44. The zero-order valence-electron chi connectivity index (χ0n) is 17.9. The number of benzene rings is 2. The summed E-state index contributed by atoms with van der Waals surface area (Å²) in [6.45, 7) is 3.48. The molecular weight excluding hydrogens is 445 g/mol. The van der Waals surface area contributed by atoms with E-state index < -0.39 is 5.56 Å². The van der Waals surface area contributed by atoms with Gasteiger partial charge in [-0.25, -0.2) is 9.37 Å². The quantitative estimate of drug-likeness (QED) is 0.324. The van der Waals surface area contributed by atoms with Crippen LogP contribution in [0.1, 0.15) is 29.2 Å². The summed E-state index contributed by atoms with van der Waals surface area (Å²) in [6, 6.07) is 13.5. The molecule has 2 heterocycles. The number of nitrogens with zero attached hydrogens (tertiary/aromatic N) is 4. The first-order valence-corrected chi connectivity index (χ1v) is 10.7. The Balaban J connectivity index is 1.62. The molecule has 0 saturated carbocycles. The van der Waals surface area contributed by atoms with Crippen LogP contribution < -0.4 is 10.3 Å². The van der Waals surface area contributed by atoms with Crippen molar-refractivity contribution in [3.05, 3.63) is 75.7 Å². The predicted molar refractivity (Wildman–Crippen MR) is 120 cm³/mol. The standard InChI is InChI=1S/C23H18FN5O3S/c1-12-4-5-15(10-18(12)24)20-27-22(32-29-20)13(2)33-23-26-19(17(11-25)21(30)28-23)14-6-8-16(31-3)9-7-14/h4-10,13H,1-3H3,(H,26,28,30). The van der Waals surface area contributed by atoms with Gasteiger partial charge in [0.15, 0.2) is 5.16 Å². The molecule has 1 N–H and O–H groups in total. The molecule has 4 rings (SSSR count). The normalized spacial score (nSPS) is 11.7. The molecule has 0 radical (unpaired) electrons. The number of halogens is 1. The third-order valence-electron chi connectivity index (χ3n) is 4.88. The van der Waals surface area contributed by atoms with Crippen LogP contribution in [-0.2, 0) is 0 Å². The van der Waals surface area contributed by atoms with Crippen LogP contribution in [0.3, 0.4) is 0 Å². The van der Waals surface area contributed by atoms with Crippen molar-refractivity contribution in [1.29, 1.82) is 5.26 Å². The molecule has 4 aromatic rings. The van der Waals surface area contributed by atoms with Crippen molar-refractivity contribution in [2.75, 3.05) is 7.11 Å². The number of nitrogens with one attached hydrogen (secondary N) is 1. The lowest BCUT2D eigenvalue weighted by Gasteiger charge is -2.09. The number of aromatic amines is 1. The summed E-state index contributed by atoms with van der Waals surface area (Å²) in [5, 5.41) is 13.3. The Morgan fingerprint density at radius 3 is 2.58 bits per heavy atom. The van der Waals surface area contributed by atoms with E-state index >= 15 is 0 Å². The Labute approximate surface area is 192 Å². The molecule has 166 valence electrons. The van der Waals surface area contributed by atoms with Crippen molar-refractivity contribution in [2.24, 2.45) is 0 Å². The van der Waals surface area contributed by atoms with E-state index in [2.05, 4.69) is 20.1 Å². The first kappa shape index (κ1) is 22.2. The maximum atomic E-state index is 13.9. The van der Waals surface area contributed by atoms with Crippen LogP contribution in [0.4, 0.5) is 4.39 Å². The highest BCUT2D eigenvalue weighted by Gasteiger charge is 2.20. The Kier molecular flexibility index (Phi) is 6.24. The Hall–Kier alpha value is -3.97. The van der Waals surface area contributed by atoms with Crippen molar-refractivity contribution in [3.8, 4) is 34.5 Å². The summed E-state index contributed by atoms with van der Waals surface area (Å²) in [6.07, 6.45) is 0. The van der Waals surface area contributed by atoms with Gasteiger partial charge in [0, 0.05) is 11.1 Å². The Morgan fingerprint density at radius 2 is 1.91 bits per heavy atom. The van der Waals surface area contributed by atoms with Crippen LogP contribution in [0.5, 0.6) is 5.75 Å². The van der Waals surface area contributed by atoms with Crippen molar-refractivity contribution >= 4 is 11.8 Å². The van der Waals surface area contributed by atoms with Gasteiger partial charge < -0.3 is 14.2 Å². The van der Waals surface area contributed by atoms with E-state index in [9.17, 15) is 14.4 Å². The van der Waals surface area contributed by atoms with Gasteiger partial charge in [-0.3, -0.25) is 4.79 Å². The minimum atomic E-state index is -0.547. The van der Waals surface area contributed by atoms with Gasteiger partial charge in [0.05, 0.1) is 18.1 Å². The summed E-state index contributed by atoms with van der Waals surface area (Å²) < 4.78 is 24.4. The lowest BCUT2D eigenvalue weighted by atomic mass is 10.1. The smallest absolute Gasteiger partial charge is 0.270 e. The molecule has 0 bridgehead atoms. The second-order valence-electron chi connectivity index (χ2n) is 7.12. The van der Waals surface area contributed by atoms with Crippen molar-refractivity contribution in [3.63, 3.8) is 0 Å². The van der Waals surface area contributed by atoms with Crippen LogP contribution >= 0.6 is 11.8 Å². The number of thioether (sulfide) groups is 1. The van der Waals surface area contributed by atoms with Crippen LogP contribution in [0.25, 0.3) is 22.6 Å². The lowest BCUT2D eigenvalue weighted by Crippen LogP contribution is -2.15. The molecule has 10 heteroatoms. The third-order valence-corrected chi connectivity index (χ3v) is 5.85. The molecule has 0 aliphatic rings. The number of nitriles is 1. The number of methoxy groups -OCH3 is 1. The molecule has 8 nitrogen and oxygen atoms in total. The van der Waals surface area contributed by atoms with Crippen LogP contribution in [0.2, 0.25) is 0 Å². The first-order valence-electron chi connectivity index (χ1n) is 9.85. The topological polar surface area (TPSA) is 118 Å². The second kappa shape index (κ2) is 9.26. The molecular formula is C23H18FN5O3S. The molecule has 0 aliphatic heterocycles. The third kappa shape index (κ3) is 4.63. The van der Waals surface area contributed by atoms with Crippen LogP contribution in [-0.4, -0.2) is 27.2 Å². The van der Waals surface area contributed by atoms with E-state index in [0.717, 1.165) is 0 Å². The van der Waals surface area contributed by atoms with Crippen molar-refractivity contribution in [1.82, 2.24) is 20.1 Å². The fourth-order valence-electron chi connectivity index (χ4n) is 3.04. The van der Waals surface area contributed by atoms with Gasteiger partial charge in [-0.15, -0.1) is 0 Å². The number of H-pyrrole nitrogens is 1. The fourth-order valence-corrected chi connectivity index (χ4v) is 3.86. The number of hydrogen-bond acceptors (Lipinski definition) is 8. The minimum Gasteiger partial charge on any atom is -0.497 e. The van der Waals surface area contributed by atoms with Gasteiger partial charge in [-0.05, 0) is 49.7 Å². The SMILES string of the molecule is COc1ccc(-c2nc(SC(C)c3nc(-c4ccc(C)c(F)c4)no3)[nH]c(=O)c2C#N)cc1. The molecule has 2 aromatic carbocycles. The van der Waals surface area contributed by atoms with Gasteiger partial charge >= 0.3 is 0 Å². The minimum absolute atomic E-state index is 0.0846. The number of aromatic nitrogens is 4. The van der Waals surface area contributed by atoms with Crippen LogP contribution in [0, 0.1) is 24.1 Å². The van der Waals surface area contributed by atoms with Crippen molar-refractivity contribution in [2.45, 2.75) is 24.3 Å². The van der Waals surface area contributed by atoms with Crippen molar-refractivity contribution < 1.29 is 13.7 Å². The summed E-state index contributed by atoms with van der Waals surface area (Å²) >= 11 is 1.19. The van der Waals surface area contributed by atoms with E-state index in [1.807, 2.05) is 13.0 Å². The Morgan fingerprint density at radius 1 is 1.18 bits per heavy atom. The zero-order chi connectivity index (χ0) is 23.5. The summed E-state index contributed by atoms with van der Waals surface area (Å²) in [5.41, 5.74) is 1.26. The van der Waals surface area contributed by atoms with E-state index in [1.54, 1.807) is 50.4 Å². The van der Waals surface area contributed by atoms with Gasteiger partial charge in [0.25, 0.3) is 5.56 Å². The number of ether oxygens (including phenoxy) is 1. The number of rotatable bonds is 6. The molecule has 0 amide bonds. The molecule has 0 spiro atoms. The fraction of sp³-hybridized carbons (Fsp3) is 0.174. The number of hydrogen-bond donors (Lipinski definition) is 1. The first-order chi connectivity index (χ1) is 15.9. The maximum absolute atomic E-state index is 13.9. The van der Waals surface area contributed by atoms with Gasteiger partial charge in [0.1, 0.15) is 23.2 Å². The van der Waals surface area contributed by atoms with Gasteiger partial charge in [0.2, 0.25) is 11.7 Å². The van der Waals surface area contributed by atoms with E-state index in [1.165, 1.54) is 17.8 Å². The lowest BCUT2D eigenvalue weighted by molar-refractivity contribution is 0.380. The highest BCUT2D eigenvalue weighted by molar-refractivity contribution is 7.99. The summed E-state index contributed by atoms with van der Waals surface area (Å²) in [4.78, 5) is 24.0. The summed E-state index contributed by atoms with van der Waals surface area (Å²) in [7, 11) is 1.55. The molecule has 33 heavy (non-hydrogen) atoms. The molecule has 2 aromatic heterocycles. The molecule has 1 unspecified atom stereocenters. The van der Waals surface area contributed by atoms with E-state index in [-0.39, 0.29) is 34.0 Å². The molecule has 0 fully saturated rings. The highest BCUT2D eigenvalue weighted by atomic mass is 32.2. The average molecular weight is 463 g/mol. The molecule has 0 aliphatic carbocycles. The predicted octanol–water partition coefficient (Wildman–Crippen LogP) is 4.67. The largest absolute Gasteiger partial charge is 0.497 e. The molecule has 0 saturated heterocycles. The number of aryl methyl sites for hydroxylation is 1. The molecule has 1 atom stereocenters. The monoisotopic (exact) mass is 463 g/mol. The van der Waals surface area contributed by atoms with Gasteiger partial charge in [-0.1, -0.05) is 29.1 Å². The van der Waals surface area contributed by atoms with Gasteiger partial charge in [-0.2, -0.15) is 10.2 Å². The Bertz CT molecular complexity index is 1410. The summed E-state index contributed by atoms with van der Waals surface area (Å²) in [5.74, 6) is 0.836. The van der Waals surface area contributed by atoms with E-state index in [0.29, 0.717) is 27.6 Å². The average Bonchev–Trinajstić information content (AvgIpc) is 3.31. The highest BCUT2D eigenvalue weighted by Crippen LogP contribution is 2.34. The van der Waals surface area contributed by atoms with Crippen LogP contribution in [0.15, 0.2) is 56.9 Å².